The summed E-state index contributed by atoms with van der Waals surface area (Å²) in [5.41, 5.74) is 3.86. The van der Waals surface area contributed by atoms with Crippen LogP contribution in [0.3, 0.4) is 0 Å². The molecule has 0 aliphatic carbocycles. The molecule has 1 aliphatic heterocycles. The van der Waals surface area contributed by atoms with E-state index >= 15 is 0 Å². The molecule has 2 aromatic carbocycles. The highest BCUT2D eigenvalue weighted by molar-refractivity contribution is 6.30. The van der Waals surface area contributed by atoms with E-state index in [-0.39, 0.29) is 6.61 Å². The van der Waals surface area contributed by atoms with Gasteiger partial charge in [-0.05, 0) is 72.2 Å². The summed E-state index contributed by atoms with van der Waals surface area (Å²) in [5.74, 6) is -0.842. The van der Waals surface area contributed by atoms with Crippen molar-refractivity contribution in [2.75, 3.05) is 24.4 Å². The van der Waals surface area contributed by atoms with Gasteiger partial charge in [0.1, 0.15) is 18.4 Å². The van der Waals surface area contributed by atoms with Crippen molar-refractivity contribution in [1.82, 2.24) is 25.5 Å². The summed E-state index contributed by atoms with van der Waals surface area (Å²) in [7, 11) is 1.26. The standard InChI is InChI=1S/C32H33ClN8O6/c1-3-47-31(43)26-7-5-4-6-25(37-30(42)13-8-21-16-22(33)9-12-28(21)40-19-34-38-39-40)29-17-20(14-15-41(29)45)24-11-10-23(18-27(24)36-26)35-32(44)46-2/h8-19,25-26,36H,3-7H2,1-2H3,(H,35,44)(H,37,42)/b13-8+/t25-,26+/m0/s1. The van der Waals surface area contributed by atoms with E-state index in [2.05, 4.69) is 31.5 Å². The number of halogens is 1. The minimum absolute atomic E-state index is 0.216. The van der Waals surface area contributed by atoms with Gasteiger partial charge >= 0.3 is 12.1 Å². The monoisotopic (exact) mass is 660 g/mol. The third-order valence-electron chi connectivity index (χ3n) is 7.52. The van der Waals surface area contributed by atoms with E-state index in [1.807, 2.05) is 0 Å². The number of amides is 2. The lowest BCUT2D eigenvalue weighted by atomic mass is 9.96. The number of carbonyl (C=O) groups excluding carboxylic acids is 3. The van der Waals surface area contributed by atoms with Gasteiger partial charge in [0.25, 0.3) is 0 Å². The first-order valence-corrected chi connectivity index (χ1v) is 15.3. The zero-order chi connectivity index (χ0) is 33.3. The van der Waals surface area contributed by atoms with E-state index in [9.17, 15) is 19.6 Å². The van der Waals surface area contributed by atoms with E-state index in [0.717, 1.165) is 4.73 Å². The molecule has 2 atom stereocenters. The van der Waals surface area contributed by atoms with Crippen LogP contribution in [0.4, 0.5) is 16.2 Å². The molecule has 0 spiro atoms. The summed E-state index contributed by atoms with van der Waals surface area (Å²) in [4.78, 5) is 38.2. The van der Waals surface area contributed by atoms with Crippen molar-refractivity contribution < 1.29 is 28.6 Å². The van der Waals surface area contributed by atoms with Crippen molar-refractivity contribution in [3.8, 4) is 16.8 Å². The molecule has 0 saturated heterocycles. The molecule has 3 heterocycles. The number of hydrogen-bond acceptors (Lipinski definition) is 10. The maximum absolute atomic E-state index is 13.3. The number of carbonyl (C=O) groups is 3. The Morgan fingerprint density at radius 1 is 1.15 bits per heavy atom. The maximum atomic E-state index is 13.3. The Hall–Kier alpha value is -5.50. The molecule has 3 N–H and O–H groups in total. The molecule has 2 aromatic heterocycles. The summed E-state index contributed by atoms with van der Waals surface area (Å²) in [5, 5.41) is 33.8. The lowest BCUT2D eigenvalue weighted by molar-refractivity contribution is -0.616. The SMILES string of the molecule is CCOC(=O)[C@H]1CCCC[C@H](NC(=O)/C=C/c2cc(Cl)ccc2-n2cnnn2)c2cc(cc[n+]2[O-])-c2ccc(NC(=O)OC)cc2N1. The molecular formula is C32H33ClN8O6. The minimum Gasteiger partial charge on any atom is -0.618 e. The molecular weight excluding hydrogens is 628 g/mol. The number of anilines is 2. The Morgan fingerprint density at radius 2 is 1.98 bits per heavy atom. The molecule has 5 rings (SSSR count). The molecule has 0 radical (unpaired) electrons. The van der Waals surface area contributed by atoms with Gasteiger partial charge in [-0.3, -0.25) is 10.1 Å². The van der Waals surface area contributed by atoms with Crippen LogP contribution in [0.15, 0.2) is 67.1 Å². The predicted molar refractivity (Wildman–Crippen MR) is 173 cm³/mol. The van der Waals surface area contributed by atoms with Crippen molar-refractivity contribution in [2.24, 2.45) is 0 Å². The Labute approximate surface area is 275 Å². The number of methoxy groups -OCH3 is 1. The number of nitrogens with zero attached hydrogens (tertiary/aromatic N) is 5. The Morgan fingerprint density at radius 3 is 2.74 bits per heavy atom. The molecule has 2 amide bonds. The second kappa shape index (κ2) is 15.2. The molecule has 2 bridgehead atoms. The number of esters is 1. The third kappa shape index (κ3) is 8.21. The van der Waals surface area contributed by atoms with Gasteiger partial charge in [0.2, 0.25) is 11.6 Å². The second-order valence-corrected chi connectivity index (χ2v) is 11.1. The number of fused-ring (bicyclic) bond motifs is 4. The normalized spacial score (nSPS) is 16.1. The highest BCUT2D eigenvalue weighted by atomic mass is 35.5. The zero-order valence-electron chi connectivity index (χ0n) is 25.7. The second-order valence-electron chi connectivity index (χ2n) is 10.6. The Bertz CT molecular complexity index is 1780. The topological polar surface area (TPSA) is 176 Å². The fraction of sp³-hybridized carbons (Fsp3) is 0.281. The van der Waals surface area contributed by atoms with Crippen molar-refractivity contribution in [3.05, 3.63) is 88.6 Å². The molecule has 0 fully saturated rings. The largest absolute Gasteiger partial charge is 0.618 e. The number of aromatic nitrogens is 5. The molecule has 4 aromatic rings. The van der Waals surface area contributed by atoms with Gasteiger partial charge in [0.05, 0.1) is 19.4 Å². The number of rotatable bonds is 7. The van der Waals surface area contributed by atoms with Crippen LogP contribution in [0, 0.1) is 5.21 Å². The number of hydrogen-bond donors (Lipinski definition) is 3. The van der Waals surface area contributed by atoms with Gasteiger partial charge in [-0.15, -0.1) is 5.10 Å². The quantitative estimate of drug-likeness (QED) is 0.110. The third-order valence-corrected chi connectivity index (χ3v) is 7.75. The highest BCUT2D eigenvalue weighted by Gasteiger charge is 2.26. The lowest BCUT2D eigenvalue weighted by Gasteiger charge is -2.24. The molecule has 47 heavy (non-hydrogen) atoms. The van der Waals surface area contributed by atoms with Crippen molar-refractivity contribution in [1.29, 1.82) is 0 Å². The summed E-state index contributed by atoms with van der Waals surface area (Å²) >= 11 is 6.22. The van der Waals surface area contributed by atoms with Gasteiger partial charge < -0.3 is 25.3 Å². The number of pyridine rings is 1. The Balaban J connectivity index is 1.48. The summed E-state index contributed by atoms with van der Waals surface area (Å²) < 4.78 is 12.3. The van der Waals surface area contributed by atoms with Gasteiger partial charge in [0, 0.05) is 45.7 Å². The first-order chi connectivity index (χ1) is 22.7. The van der Waals surface area contributed by atoms with Gasteiger partial charge in [-0.25, -0.2) is 9.59 Å². The fourth-order valence-electron chi connectivity index (χ4n) is 5.28. The summed E-state index contributed by atoms with van der Waals surface area (Å²) in [6.45, 7) is 1.96. The average Bonchev–Trinajstić information content (AvgIpc) is 3.59. The van der Waals surface area contributed by atoms with Gasteiger partial charge in [0.15, 0.2) is 6.20 Å². The first kappa shape index (κ1) is 32.9. The highest BCUT2D eigenvalue weighted by Crippen LogP contribution is 2.34. The van der Waals surface area contributed by atoms with E-state index in [1.54, 1.807) is 61.5 Å². The maximum Gasteiger partial charge on any atom is 0.411 e. The van der Waals surface area contributed by atoms with Crippen LogP contribution in [-0.2, 0) is 19.1 Å². The van der Waals surface area contributed by atoms with Crippen LogP contribution in [0.5, 0.6) is 0 Å². The summed E-state index contributed by atoms with van der Waals surface area (Å²) in [6.07, 6.45) is 7.16. The van der Waals surface area contributed by atoms with Crippen LogP contribution in [-0.4, -0.2) is 57.9 Å². The van der Waals surface area contributed by atoms with Crippen molar-refractivity contribution in [2.45, 2.75) is 44.7 Å². The molecule has 15 heteroatoms. The Kier molecular flexibility index (Phi) is 10.6. The number of ether oxygens (including phenoxy) is 2. The molecule has 14 nitrogen and oxygen atoms in total. The predicted octanol–water partition coefficient (Wildman–Crippen LogP) is 4.58. The molecule has 1 aliphatic rings. The van der Waals surface area contributed by atoms with E-state index in [4.69, 9.17) is 21.1 Å². The summed E-state index contributed by atoms with van der Waals surface area (Å²) in [6, 6.07) is 12.3. The molecule has 0 unspecified atom stereocenters. The van der Waals surface area contributed by atoms with E-state index in [1.165, 1.54) is 30.4 Å². The van der Waals surface area contributed by atoms with Crippen molar-refractivity contribution >= 4 is 47.0 Å². The van der Waals surface area contributed by atoms with Crippen molar-refractivity contribution in [3.63, 3.8) is 0 Å². The van der Waals surface area contributed by atoms with E-state index < -0.39 is 30.1 Å². The molecule has 0 saturated carbocycles. The minimum atomic E-state index is -0.683. The number of benzene rings is 2. The number of tetrazole rings is 1. The van der Waals surface area contributed by atoms with Crippen LogP contribution in [0.2, 0.25) is 5.02 Å². The average molecular weight is 661 g/mol. The van der Waals surface area contributed by atoms with Crippen LogP contribution in [0.1, 0.15) is 49.9 Å². The van der Waals surface area contributed by atoms with Gasteiger partial charge in [-0.1, -0.05) is 30.5 Å². The van der Waals surface area contributed by atoms with Gasteiger partial charge in [-0.2, -0.15) is 9.41 Å². The lowest BCUT2D eigenvalue weighted by Crippen LogP contribution is -2.39. The van der Waals surface area contributed by atoms with E-state index in [0.29, 0.717) is 70.2 Å². The fourth-order valence-corrected chi connectivity index (χ4v) is 5.46. The smallest absolute Gasteiger partial charge is 0.411 e. The van der Waals surface area contributed by atoms with Crippen LogP contribution >= 0.6 is 11.6 Å². The first-order valence-electron chi connectivity index (χ1n) is 14.9. The zero-order valence-corrected chi connectivity index (χ0v) is 26.4. The molecule has 244 valence electrons. The number of nitrogens with one attached hydrogen (secondary N) is 3. The van der Waals surface area contributed by atoms with Crippen LogP contribution in [0.25, 0.3) is 22.9 Å². The van der Waals surface area contributed by atoms with Crippen LogP contribution < -0.4 is 20.7 Å².